The molecule has 0 aliphatic carbocycles. The van der Waals surface area contributed by atoms with Gasteiger partial charge < -0.3 is 9.84 Å². The summed E-state index contributed by atoms with van der Waals surface area (Å²) in [4.78, 5) is 10.5. The number of ether oxygens (including phenoxy) is 1. The summed E-state index contributed by atoms with van der Waals surface area (Å²) >= 11 is 5.92. The van der Waals surface area contributed by atoms with Crippen molar-refractivity contribution in [3.63, 3.8) is 0 Å². The molecule has 0 heterocycles. The summed E-state index contributed by atoms with van der Waals surface area (Å²) in [6, 6.07) is 4.94. The molecule has 0 bridgehead atoms. The van der Waals surface area contributed by atoms with E-state index in [0.717, 1.165) is 25.5 Å². The molecule has 0 saturated carbocycles. The molecular weight excluding hydrogens is 228 g/mol. The topological polar surface area (TPSA) is 46.5 Å². The van der Waals surface area contributed by atoms with E-state index in [2.05, 4.69) is 0 Å². The van der Waals surface area contributed by atoms with E-state index in [1.54, 1.807) is 18.2 Å². The molecule has 0 unspecified atom stereocenters. The van der Waals surface area contributed by atoms with Gasteiger partial charge in [0.05, 0.1) is 11.6 Å². The minimum absolute atomic E-state index is 0.217. The normalized spacial score (nSPS) is 10.1. The second-order valence-corrected chi connectivity index (χ2v) is 3.85. The van der Waals surface area contributed by atoms with Crippen molar-refractivity contribution in [1.29, 1.82) is 0 Å². The molecule has 3 nitrogen and oxygen atoms in total. The lowest BCUT2D eigenvalue weighted by atomic mass is 10.2. The molecule has 0 spiro atoms. The number of unbranched alkanes of at least 4 members (excludes halogenated alkanes) is 2. The SMILES string of the molecule is O=Cc1ccc(OCCCCCO)c(Cl)c1. The average Bonchev–Trinajstić information content (AvgIpc) is 2.30. The Labute approximate surface area is 100.0 Å². The molecule has 1 aromatic rings. The maximum atomic E-state index is 10.5. The van der Waals surface area contributed by atoms with E-state index in [0.29, 0.717) is 22.9 Å². The maximum absolute atomic E-state index is 10.5. The van der Waals surface area contributed by atoms with Gasteiger partial charge in [0.25, 0.3) is 0 Å². The predicted molar refractivity (Wildman–Crippen MR) is 63.3 cm³/mol. The molecule has 0 aliphatic rings. The largest absolute Gasteiger partial charge is 0.492 e. The molecule has 1 aromatic carbocycles. The number of aliphatic hydroxyl groups excluding tert-OH is 1. The zero-order chi connectivity index (χ0) is 11.8. The molecule has 0 amide bonds. The van der Waals surface area contributed by atoms with Crippen LogP contribution in [0.4, 0.5) is 0 Å². The number of rotatable bonds is 7. The number of benzene rings is 1. The van der Waals surface area contributed by atoms with Gasteiger partial charge in [0.2, 0.25) is 0 Å². The fraction of sp³-hybridized carbons (Fsp3) is 0.417. The minimum Gasteiger partial charge on any atom is -0.492 e. The van der Waals surface area contributed by atoms with Crippen molar-refractivity contribution in [1.82, 2.24) is 0 Å². The van der Waals surface area contributed by atoms with Crippen molar-refractivity contribution in [3.8, 4) is 5.75 Å². The van der Waals surface area contributed by atoms with Gasteiger partial charge in [0.1, 0.15) is 12.0 Å². The second kappa shape index (κ2) is 7.25. The maximum Gasteiger partial charge on any atom is 0.150 e. The zero-order valence-corrected chi connectivity index (χ0v) is 9.74. The smallest absolute Gasteiger partial charge is 0.150 e. The van der Waals surface area contributed by atoms with Crippen LogP contribution in [0.3, 0.4) is 0 Å². The standard InChI is InChI=1S/C12H15ClO3/c13-11-8-10(9-15)4-5-12(11)16-7-3-1-2-6-14/h4-5,8-9,14H,1-3,6-7H2. The third-order valence-corrected chi connectivity index (χ3v) is 2.45. The third kappa shape index (κ3) is 4.21. The van der Waals surface area contributed by atoms with Crippen LogP contribution in [0.1, 0.15) is 29.6 Å². The summed E-state index contributed by atoms with van der Waals surface area (Å²) in [5.74, 6) is 0.594. The van der Waals surface area contributed by atoms with Gasteiger partial charge in [-0.15, -0.1) is 0 Å². The molecule has 0 fully saturated rings. The first-order chi connectivity index (χ1) is 7.77. The summed E-state index contributed by atoms with van der Waals surface area (Å²) in [6.07, 6.45) is 3.35. The van der Waals surface area contributed by atoms with Gasteiger partial charge in [0, 0.05) is 12.2 Å². The van der Waals surface area contributed by atoms with Crippen LogP contribution >= 0.6 is 11.6 Å². The van der Waals surface area contributed by atoms with Crippen molar-refractivity contribution in [2.75, 3.05) is 13.2 Å². The van der Waals surface area contributed by atoms with Gasteiger partial charge in [-0.25, -0.2) is 0 Å². The molecular formula is C12H15ClO3. The highest BCUT2D eigenvalue weighted by molar-refractivity contribution is 6.32. The highest BCUT2D eigenvalue weighted by Crippen LogP contribution is 2.25. The van der Waals surface area contributed by atoms with Crippen LogP contribution in [0.5, 0.6) is 5.75 Å². The van der Waals surface area contributed by atoms with Crippen LogP contribution in [0, 0.1) is 0 Å². The van der Waals surface area contributed by atoms with Gasteiger partial charge in [-0.1, -0.05) is 11.6 Å². The molecule has 0 saturated heterocycles. The van der Waals surface area contributed by atoms with E-state index in [9.17, 15) is 4.79 Å². The number of aldehydes is 1. The quantitative estimate of drug-likeness (QED) is 0.591. The van der Waals surface area contributed by atoms with Crippen molar-refractivity contribution >= 4 is 17.9 Å². The molecule has 1 N–H and O–H groups in total. The third-order valence-electron chi connectivity index (χ3n) is 2.15. The molecule has 4 heteroatoms. The van der Waals surface area contributed by atoms with Gasteiger partial charge in [-0.05, 0) is 37.5 Å². The Hall–Kier alpha value is -1.06. The van der Waals surface area contributed by atoms with Crippen molar-refractivity contribution in [2.24, 2.45) is 0 Å². The average molecular weight is 243 g/mol. The van der Waals surface area contributed by atoms with Crippen LogP contribution in [-0.2, 0) is 0 Å². The molecule has 0 atom stereocenters. The van der Waals surface area contributed by atoms with Crippen LogP contribution in [0.25, 0.3) is 0 Å². The van der Waals surface area contributed by atoms with E-state index in [1.807, 2.05) is 0 Å². The highest BCUT2D eigenvalue weighted by Gasteiger charge is 2.02. The number of hydrogen-bond donors (Lipinski definition) is 1. The number of halogens is 1. The summed E-state index contributed by atoms with van der Waals surface area (Å²) in [5, 5.41) is 9.04. The van der Waals surface area contributed by atoms with Gasteiger partial charge in [-0.2, -0.15) is 0 Å². The zero-order valence-electron chi connectivity index (χ0n) is 8.99. The van der Waals surface area contributed by atoms with Crippen molar-refractivity contribution in [3.05, 3.63) is 28.8 Å². The molecule has 0 aromatic heterocycles. The minimum atomic E-state index is 0.217. The molecule has 0 aliphatic heterocycles. The Kier molecular flexibility index (Phi) is 5.90. The van der Waals surface area contributed by atoms with E-state index in [1.165, 1.54) is 0 Å². The number of hydrogen-bond acceptors (Lipinski definition) is 3. The predicted octanol–water partition coefficient (Wildman–Crippen LogP) is 2.69. The summed E-state index contributed by atoms with van der Waals surface area (Å²) in [5.41, 5.74) is 0.539. The molecule has 1 rings (SSSR count). The van der Waals surface area contributed by atoms with Gasteiger partial charge in [-0.3, -0.25) is 4.79 Å². The Morgan fingerprint density at radius 1 is 1.31 bits per heavy atom. The summed E-state index contributed by atoms with van der Waals surface area (Å²) in [6.45, 7) is 0.787. The Morgan fingerprint density at radius 3 is 2.75 bits per heavy atom. The Balaban J connectivity index is 2.39. The number of carbonyl (C=O) groups is 1. The fourth-order valence-electron chi connectivity index (χ4n) is 1.28. The lowest BCUT2D eigenvalue weighted by Gasteiger charge is -2.07. The Morgan fingerprint density at radius 2 is 2.12 bits per heavy atom. The van der Waals surface area contributed by atoms with Gasteiger partial charge >= 0.3 is 0 Å². The molecule has 16 heavy (non-hydrogen) atoms. The van der Waals surface area contributed by atoms with E-state index < -0.39 is 0 Å². The van der Waals surface area contributed by atoms with Crippen LogP contribution in [-0.4, -0.2) is 24.6 Å². The van der Waals surface area contributed by atoms with E-state index in [4.69, 9.17) is 21.4 Å². The monoisotopic (exact) mass is 242 g/mol. The lowest BCUT2D eigenvalue weighted by molar-refractivity contribution is 0.112. The van der Waals surface area contributed by atoms with Crippen molar-refractivity contribution < 1.29 is 14.6 Å². The number of aliphatic hydroxyl groups is 1. The fourth-order valence-corrected chi connectivity index (χ4v) is 1.52. The summed E-state index contributed by atoms with van der Waals surface area (Å²) in [7, 11) is 0. The van der Waals surface area contributed by atoms with Crippen LogP contribution in [0.15, 0.2) is 18.2 Å². The summed E-state index contributed by atoms with van der Waals surface area (Å²) < 4.78 is 5.45. The van der Waals surface area contributed by atoms with Crippen molar-refractivity contribution in [2.45, 2.75) is 19.3 Å². The molecule has 88 valence electrons. The van der Waals surface area contributed by atoms with E-state index >= 15 is 0 Å². The van der Waals surface area contributed by atoms with Crippen LogP contribution in [0.2, 0.25) is 5.02 Å². The first-order valence-electron chi connectivity index (χ1n) is 5.26. The first-order valence-corrected chi connectivity index (χ1v) is 5.64. The molecule has 0 radical (unpaired) electrons. The van der Waals surface area contributed by atoms with Gasteiger partial charge in [0.15, 0.2) is 0 Å². The Bertz CT molecular complexity index is 339. The van der Waals surface area contributed by atoms with E-state index in [-0.39, 0.29) is 6.61 Å². The second-order valence-electron chi connectivity index (χ2n) is 3.44. The van der Waals surface area contributed by atoms with Crippen LogP contribution < -0.4 is 4.74 Å². The first kappa shape index (κ1) is 13.0. The highest BCUT2D eigenvalue weighted by atomic mass is 35.5. The number of carbonyl (C=O) groups excluding carboxylic acids is 1. The lowest BCUT2D eigenvalue weighted by Crippen LogP contribution is -1.98.